The van der Waals surface area contributed by atoms with Crippen LogP contribution in [0.25, 0.3) is 11.3 Å². The molecule has 2 heterocycles. The molecule has 7 heteroatoms. The molecule has 5 rings (SSSR count). The Morgan fingerprint density at radius 2 is 1.90 bits per heavy atom. The fourth-order valence-electron chi connectivity index (χ4n) is 5.06. The summed E-state index contributed by atoms with van der Waals surface area (Å²) in [5.41, 5.74) is 3.97. The molecular weight excluding hydrogens is 520 g/mol. The number of esters is 1. The highest BCUT2D eigenvalue weighted by atomic mass is 32.1. The minimum Gasteiger partial charge on any atom is -0.462 e. The molecular formula is C33H34N2O4S. The zero-order valence-electron chi connectivity index (χ0n) is 23.3. The number of amides is 1. The standard InChI is InChI=1S/C33H34N2O4S/c1-5-38-32(37)22-11-9-10-21(18-22)27-17-15-25(39-27)20-34-31-29(30(36)35-24-12-7-6-8-13-24)26-16-14-23(33(2,3)4)19-28(26)40-31/h6-13,15,17-18,20,23H,5,14,16,19H2,1-4H3,(H,35,36)/t23-/m1/s1. The summed E-state index contributed by atoms with van der Waals surface area (Å²) in [6, 6.07) is 20.3. The van der Waals surface area contributed by atoms with Gasteiger partial charge in [0.1, 0.15) is 16.5 Å². The van der Waals surface area contributed by atoms with Gasteiger partial charge in [-0.3, -0.25) is 4.79 Å². The summed E-state index contributed by atoms with van der Waals surface area (Å²) in [4.78, 5) is 31.7. The number of ether oxygens (including phenoxy) is 1. The largest absolute Gasteiger partial charge is 0.462 e. The molecule has 0 spiro atoms. The minimum atomic E-state index is -0.366. The van der Waals surface area contributed by atoms with Gasteiger partial charge in [-0.1, -0.05) is 51.1 Å². The van der Waals surface area contributed by atoms with Crippen LogP contribution in [0, 0.1) is 11.3 Å². The maximum atomic E-state index is 13.5. The van der Waals surface area contributed by atoms with Crippen LogP contribution in [0.5, 0.6) is 0 Å². The number of nitrogens with zero attached hydrogens (tertiary/aromatic N) is 1. The van der Waals surface area contributed by atoms with Gasteiger partial charge in [-0.05, 0) is 79.5 Å². The summed E-state index contributed by atoms with van der Waals surface area (Å²) in [6.07, 6.45) is 4.53. The maximum Gasteiger partial charge on any atom is 0.338 e. The summed E-state index contributed by atoms with van der Waals surface area (Å²) in [7, 11) is 0. The minimum absolute atomic E-state index is 0.138. The number of para-hydroxylation sites is 1. The molecule has 6 nitrogen and oxygen atoms in total. The number of nitrogens with one attached hydrogen (secondary N) is 1. The molecule has 0 saturated heterocycles. The SMILES string of the molecule is CCOC(=O)c1cccc(-c2ccc(C=Nc3sc4c(c3C(=O)Nc3ccccc3)CC[C@@H](C(C)(C)C)C4)o2)c1. The number of hydrogen-bond acceptors (Lipinski definition) is 6. The number of aliphatic imine (C=N–C) groups is 1. The summed E-state index contributed by atoms with van der Waals surface area (Å²) < 4.78 is 11.2. The molecule has 2 aromatic heterocycles. The van der Waals surface area contributed by atoms with Crippen molar-refractivity contribution in [1.29, 1.82) is 0 Å². The number of benzene rings is 2. The smallest absolute Gasteiger partial charge is 0.338 e. The molecule has 2 aromatic carbocycles. The number of anilines is 1. The summed E-state index contributed by atoms with van der Waals surface area (Å²) in [5, 5.41) is 3.75. The van der Waals surface area contributed by atoms with Gasteiger partial charge in [-0.25, -0.2) is 9.79 Å². The number of thiophene rings is 1. The number of carbonyl (C=O) groups is 2. The van der Waals surface area contributed by atoms with Crippen LogP contribution < -0.4 is 5.32 Å². The number of fused-ring (bicyclic) bond motifs is 1. The van der Waals surface area contributed by atoms with Crippen LogP contribution in [-0.4, -0.2) is 24.7 Å². The second-order valence-corrected chi connectivity index (χ2v) is 12.2. The van der Waals surface area contributed by atoms with Crippen molar-refractivity contribution in [3.63, 3.8) is 0 Å². The van der Waals surface area contributed by atoms with E-state index in [1.807, 2.05) is 48.5 Å². The highest BCUT2D eigenvalue weighted by Crippen LogP contribution is 2.45. The molecule has 1 aliphatic rings. The van der Waals surface area contributed by atoms with E-state index >= 15 is 0 Å². The summed E-state index contributed by atoms with van der Waals surface area (Å²) in [5.74, 6) is 1.23. The average molecular weight is 555 g/mol. The molecule has 40 heavy (non-hydrogen) atoms. The van der Waals surface area contributed by atoms with E-state index in [0.717, 1.165) is 36.1 Å². The fraction of sp³-hybridized carbons (Fsp3) is 0.303. The molecule has 1 aliphatic carbocycles. The van der Waals surface area contributed by atoms with Crippen LogP contribution in [0.3, 0.4) is 0 Å². The molecule has 0 radical (unpaired) electrons. The Hall–Kier alpha value is -3.97. The Morgan fingerprint density at radius 1 is 1.10 bits per heavy atom. The van der Waals surface area contributed by atoms with Crippen LogP contribution in [0.4, 0.5) is 10.7 Å². The topological polar surface area (TPSA) is 80.9 Å². The highest BCUT2D eigenvalue weighted by molar-refractivity contribution is 7.16. The monoisotopic (exact) mass is 554 g/mol. The number of hydrogen-bond donors (Lipinski definition) is 1. The van der Waals surface area contributed by atoms with Crippen LogP contribution >= 0.6 is 11.3 Å². The van der Waals surface area contributed by atoms with Crippen molar-refractivity contribution in [1.82, 2.24) is 0 Å². The van der Waals surface area contributed by atoms with Crippen molar-refractivity contribution < 1.29 is 18.7 Å². The zero-order valence-corrected chi connectivity index (χ0v) is 24.1. The van der Waals surface area contributed by atoms with E-state index in [2.05, 4.69) is 26.1 Å². The van der Waals surface area contributed by atoms with Crippen molar-refractivity contribution in [2.45, 2.75) is 47.0 Å². The Morgan fingerprint density at radius 3 is 2.65 bits per heavy atom. The third-order valence-corrected chi connectivity index (χ3v) is 8.49. The van der Waals surface area contributed by atoms with Crippen LogP contribution in [0.2, 0.25) is 0 Å². The van der Waals surface area contributed by atoms with E-state index in [4.69, 9.17) is 14.1 Å². The van der Waals surface area contributed by atoms with Gasteiger partial charge >= 0.3 is 5.97 Å². The van der Waals surface area contributed by atoms with Gasteiger partial charge < -0.3 is 14.5 Å². The number of carbonyl (C=O) groups excluding carboxylic acids is 2. The molecule has 206 valence electrons. The zero-order chi connectivity index (χ0) is 28.3. The molecule has 0 saturated carbocycles. The van der Waals surface area contributed by atoms with Crippen molar-refractivity contribution in [2.75, 3.05) is 11.9 Å². The van der Waals surface area contributed by atoms with Crippen molar-refractivity contribution in [3.8, 4) is 11.3 Å². The Balaban J connectivity index is 1.43. The first-order valence-electron chi connectivity index (χ1n) is 13.7. The van der Waals surface area contributed by atoms with Crippen molar-refractivity contribution in [3.05, 3.63) is 94.1 Å². The van der Waals surface area contributed by atoms with E-state index in [1.54, 1.807) is 42.7 Å². The predicted octanol–water partition coefficient (Wildman–Crippen LogP) is 8.34. The molecule has 0 unspecified atom stereocenters. The van der Waals surface area contributed by atoms with Gasteiger partial charge in [0.15, 0.2) is 0 Å². The van der Waals surface area contributed by atoms with Gasteiger partial charge in [0, 0.05) is 16.1 Å². The predicted molar refractivity (Wildman–Crippen MR) is 161 cm³/mol. The second kappa shape index (κ2) is 11.6. The molecule has 0 aliphatic heterocycles. The van der Waals surface area contributed by atoms with Gasteiger partial charge in [-0.2, -0.15) is 0 Å². The quantitative estimate of drug-likeness (QED) is 0.184. The first-order chi connectivity index (χ1) is 19.2. The Kier molecular flexibility index (Phi) is 8.03. The lowest BCUT2D eigenvalue weighted by atomic mass is 9.72. The average Bonchev–Trinajstić information content (AvgIpc) is 3.56. The van der Waals surface area contributed by atoms with E-state index in [1.165, 1.54) is 4.88 Å². The molecule has 1 atom stereocenters. The number of furan rings is 1. The second-order valence-electron chi connectivity index (χ2n) is 11.1. The number of rotatable bonds is 7. The first-order valence-corrected chi connectivity index (χ1v) is 14.5. The summed E-state index contributed by atoms with van der Waals surface area (Å²) >= 11 is 1.60. The van der Waals surface area contributed by atoms with Crippen LogP contribution in [0.15, 0.2) is 76.1 Å². The molecule has 1 amide bonds. The van der Waals surface area contributed by atoms with E-state index in [-0.39, 0.29) is 17.3 Å². The van der Waals surface area contributed by atoms with Crippen molar-refractivity contribution >= 4 is 40.1 Å². The normalized spacial score (nSPS) is 15.2. The van der Waals surface area contributed by atoms with Gasteiger partial charge in [0.2, 0.25) is 0 Å². The van der Waals surface area contributed by atoms with Crippen molar-refractivity contribution in [2.24, 2.45) is 16.3 Å². The van der Waals surface area contributed by atoms with Gasteiger partial charge in [-0.15, -0.1) is 11.3 Å². The molecule has 0 bridgehead atoms. The first kappa shape index (κ1) is 27.6. The van der Waals surface area contributed by atoms with E-state index in [0.29, 0.717) is 40.2 Å². The van der Waals surface area contributed by atoms with Gasteiger partial charge in [0.05, 0.1) is 23.9 Å². The summed E-state index contributed by atoms with van der Waals surface area (Å²) in [6.45, 7) is 8.96. The molecule has 4 aromatic rings. The van der Waals surface area contributed by atoms with E-state index in [9.17, 15) is 9.59 Å². The Labute approximate surface area is 239 Å². The Bertz CT molecular complexity index is 1540. The molecule has 0 fully saturated rings. The molecule has 1 N–H and O–H groups in total. The lowest BCUT2D eigenvalue weighted by Gasteiger charge is -2.33. The lowest BCUT2D eigenvalue weighted by molar-refractivity contribution is 0.0526. The highest BCUT2D eigenvalue weighted by Gasteiger charge is 2.33. The van der Waals surface area contributed by atoms with Crippen LogP contribution in [-0.2, 0) is 17.6 Å². The maximum absolute atomic E-state index is 13.5. The third-order valence-electron chi connectivity index (χ3n) is 7.32. The fourth-order valence-corrected chi connectivity index (χ4v) is 6.33. The van der Waals surface area contributed by atoms with E-state index < -0.39 is 0 Å². The van der Waals surface area contributed by atoms with Crippen LogP contribution in [0.1, 0.15) is 71.0 Å². The third kappa shape index (κ3) is 6.10. The lowest BCUT2D eigenvalue weighted by Crippen LogP contribution is -2.27. The van der Waals surface area contributed by atoms with Gasteiger partial charge in [0.25, 0.3) is 5.91 Å².